The van der Waals surface area contributed by atoms with Crippen LogP contribution < -0.4 is 5.32 Å². The first-order valence-corrected chi connectivity index (χ1v) is 5.88. The van der Waals surface area contributed by atoms with E-state index < -0.39 is 0 Å². The summed E-state index contributed by atoms with van der Waals surface area (Å²) >= 11 is 1.89. The largest absolute Gasteiger partial charge is 0.317 e. The molecule has 1 fully saturated rings. The lowest BCUT2D eigenvalue weighted by molar-refractivity contribution is 0.531. The Morgan fingerprint density at radius 3 is 2.73 bits per heavy atom. The van der Waals surface area contributed by atoms with Crippen molar-refractivity contribution in [3.8, 4) is 0 Å². The lowest BCUT2D eigenvalue weighted by atomic mass is 10.2. The summed E-state index contributed by atoms with van der Waals surface area (Å²) in [5, 5.41) is 5.21. The molecule has 1 saturated heterocycles. The maximum Gasteiger partial charge on any atom is 0.116 e. The smallest absolute Gasteiger partial charge is 0.116 e. The fourth-order valence-electron chi connectivity index (χ4n) is 1.58. The van der Waals surface area contributed by atoms with E-state index >= 15 is 0 Å². The molecule has 1 aromatic rings. The van der Waals surface area contributed by atoms with Crippen LogP contribution in [-0.2, 0) is 0 Å². The molecule has 0 radical (unpaired) electrons. The average molecular weight is 246 g/mol. The van der Waals surface area contributed by atoms with Gasteiger partial charge in [-0.3, -0.25) is 0 Å². The Morgan fingerprint density at radius 1 is 1.33 bits per heavy atom. The SMILES string of the molecule is Cc1cc(SC2CCNCC2)ncn1.Cl. The zero-order valence-electron chi connectivity index (χ0n) is 8.77. The second-order valence-corrected chi connectivity index (χ2v) is 4.89. The summed E-state index contributed by atoms with van der Waals surface area (Å²) in [6.45, 7) is 4.29. The van der Waals surface area contributed by atoms with Crippen molar-refractivity contribution < 1.29 is 0 Å². The molecule has 0 atom stereocenters. The highest BCUT2D eigenvalue weighted by molar-refractivity contribution is 7.99. The first kappa shape index (κ1) is 12.7. The Balaban J connectivity index is 0.00000112. The molecule has 0 amide bonds. The maximum atomic E-state index is 4.27. The Labute approximate surface area is 101 Å². The Bertz CT molecular complexity index is 302. The minimum Gasteiger partial charge on any atom is -0.317 e. The molecule has 84 valence electrons. The van der Waals surface area contributed by atoms with Crippen molar-refractivity contribution in [3.63, 3.8) is 0 Å². The van der Waals surface area contributed by atoms with Crippen LogP contribution >= 0.6 is 24.2 Å². The first-order chi connectivity index (χ1) is 6.84. The van der Waals surface area contributed by atoms with Crippen LogP contribution in [0.3, 0.4) is 0 Å². The fraction of sp³-hybridized carbons (Fsp3) is 0.600. The standard InChI is InChI=1S/C10H15N3S.ClH/c1-8-6-10(13-7-12-8)14-9-2-4-11-5-3-9;/h6-7,9,11H,2-5H2,1H3;1H. The molecule has 0 saturated carbocycles. The molecule has 1 N–H and O–H groups in total. The molecule has 1 aliphatic heterocycles. The predicted molar refractivity (Wildman–Crippen MR) is 65.8 cm³/mol. The molecule has 0 aromatic carbocycles. The molecule has 0 aliphatic carbocycles. The fourth-order valence-corrected chi connectivity index (χ4v) is 2.74. The summed E-state index contributed by atoms with van der Waals surface area (Å²) in [6.07, 6.45) is 4.14. The van der Waals surface area contributed by atoms with Gasteiger partial charge >= 0.3 is 0 Å². The third kappa shape index (κ3) is 3.97. The Hall–Kier alpha value is -0.320. The number of piperidine rings is 1. The second-order valence-electron chi connectivity index (χ2n) is 3.56. The van der Waals surface area contributed by atoms with E-state index in [0.717, 1.165) is 29.1 Å². The van der Waals surface area contributed by atoms with E-state index in [1.165, 1.54) is 12.8 Å². The highest BCUT2D eigenvalue weighted by Crippen LogP contribution is 2.26. The van der Waals surface area contributed by atoms with Crippen LogP contribution in [0.2, 0.25) is 0 Å². The molecule has 5 heteroatoms. The molecule has 2 heterocycles. The number of nitrogens with zero attached hydrogens (tertiary/aromatic N) is 2. The number of rotatable bonds is 2. The van der Waals surface area contributed by atoms with Crippen molar-refractivity contribution in [2.75, 3.05) is 13.1 Å². The van der Waals surface area contributed by atoms with E-state index in [1.807, 2.05) is 18.7 Å². The van der Waals surface area contributed by atoms with Crippen molar-refractivity contribution in [2.45, 2.75) is 30.0 Å². The number of aryl methyl sites for hydroxylation is 1. The minimum atomic E-state index is 0. The van der Waals surface area contributed by atoms with Crippen molar-refractivity contribution in [1.82, 2.24) is 15.3 Å². The normalized spacial score (nSPS) is 17.1. The molecule has 3 nitrogen and oxygen atoms in total. The second kappa shape index (κ2) is 6.30. The topological polar surface area (TPSA) is 37.8 Å². The Kier molecular flexibility index (Phi) is 5.36. The highest BCUT2D eigenvalue weighted by Gasteiger charge is 2.14. The Morgan fingerprint density at radius 2 is 2.07 bits per heavy atom. The monoisotopic (exact) mass is 245 g/mol. The van der Waals surface area contributed by atoms with E-state index in [-0.39, 0.29) is 12.4 Å². The van der Waals surface area contributed by atoms with Gasteiger partial charge in [0, 0.05) is 10.9 Å². The number of thioether (sulfide) groups is 1. The van der Waals surface area contributed by atoms with Crippen LogP contribution in [0.25, 0.3) is 0 Å². The maximum absolute atomic E-state index is 4.27. The number of nitrogens with one attached hydrogen (secondary N) is 1. The van der Waals surface area contributed by atoms with E-state index in [2.05, 4.69) is 21.4 Å². The first-order valence-electron chi connectivity index (χ1n) is 5.00. The van der Waals surface area contributed by atoms with Crippen LogP contribution in [0.4, 0.5) is 0 Å². The quantitative estimate of drug-likeness (QED) is 0.810. The van der Waals surface area contributed by atoms with E-state index in [9.17, 15) is 0 Å². The summed E-state index contributed by atoms with van der Waals surface area (Å²) in [7, 11) is 0. The van der Waals surface area contributed by atoms with Gasteiger partial charge < -0.3 is 5.32 Å². The van der Waals surface area contributed by atoms with Crippen molar-refractivity contribution in [2.24, 2.45) is 0 Å². The zero-order valence-corrected chi connectivity index (χ0v) is 10.4. The third-order valence-electron chi connectivity index (χ3n) is 2.35. The van der Waals surface area contributed by atoms with Gasteiger partial charge in [-0.2, -0.15) is 0 Å². The van der Waals surface area contributed by atoms with Gasteiger partial charge in [0.25, 0.3) is 0 Å². The van der Waals surface area contributed by atoms with E-state index in [1.54, 1.807) is 6.33 Å². The molecule has 1 aliphatic rings. The molecule has 0 unspecified atom stereocenters. The van der Waals surface area contributed by atoms with Gasteiger partial charge in [-0.15, -0.1) is 24.2 Å². The van der Waals surface area contributed by atoms with E-state index in [0.29, 0.717) is 0 Å². The lowest BCUT2D eigenvalue weighted by Gasteiger charge is -2.21. The summed E-state index contributed by atoms with van der Waals surface area (Å²) in [5.74, 6) is 0. The molecule has 2 rings (SSSR count). The number of aromatic nitrogens is 2. The third-order valence-corrected chi connectivity index (χ3v) is 3.62. The van der Waals surface area contributed by atoms with Crippen molar-refractivity contribution >= 4 is 24.2 Å². The van der Waals surface area contributed by atoms with Crippen LogP contribution in [0.5, 0.6) is 0 Å². The molecule has 1 aromatic heterocycles. The van der Waals surface area contributed by atoms with Crippen LogP contribution in [-0.4, -0.2) is 28.3 Å². The lowest BCUT2D eigenvalue weighted by Crippen LogP contribution is -2.29. The van der Waals surface area contributed by atoms with Crippen LogP contribution in [0.15, 0.2) is 17.4 Å². The summed E-state index contributed by atoms with van der Waals surface area (Å²) < 4.78 is 0. The van der Waals surface area contributed by atoms with Crippen LogP contribution in [0.1, 0.15) is 18.5 Å². The van der Waals surface area contributed by atoms with Gasteiger partial charge in [-0.1, -0.05) is 0 Å². The average Bonchev–Trinajstić information content (AvgIpc) is 2.19. The zero-order chi connectivity index (χ0) is 9.80. The number of hydrogen-bond donors (Lipinski definition) is 1. The van der Waals surface area contributed by atoms with Gasteiger partial charge in [0.2, 0.25) is 0 Å². The number of hydrogen-bond acceptors (Lipinski definition) is 4. The van der Waals surface area contributed by atoms with Gasteiger partial charge in [-0.05, 0) is 38.9 Å². The molecule has 15 heavy (non-hydrogen) atoms. The minimum absolute atomic E-state index is 0. The highest BCUT2D eigenvalue weighted by atomic mass is 35.5. The predicted octanol–water partition coefficient (Wildman–Crippen LogP) is 2.05. The molecular weight excluding hydrogens is 230 g/mol. The van der Waals surface area contributed by atoms with E-state index in [4.69, 9.17) is 0 Å². The molecular formula is C10H16ClN3S. The summed E-state index contributed by atoms with van der Waals surface area (Å²) in [6, 6.07) is 2.06. The number of halogens is 1. The van der Waals surface area contributed by atoms with Crippen molar-refractivity contribution in [3.05, 3.63) is 18.1 Å². The van der Waals surface area contributed by atoms with Gasteiger partial charge in [0.05, 0.1) is 5.03 Å². The van der Waals surface area contributed by atoms with Crippen LogP contribution in [0, 0.1) is 6.92 Å². The van der Waals surface area contributed by atoms with Gasteiger partial charge in [0.1, 0.15) is 6.33 Å². The van der Waals surface area contributed by atoms with Gasteiger partial charge in [0.15, 0.2) is 0 Å². The molecule has 0 spiro atoms. The van der Waals surface area contributed by atoms with Gasteiger partial charge in [-0.25, -0.2) is 9.97 Å². The summed E-state index contributed by atoms with van der Waals surface area (Å²) in [5.41, 5.74) is 1.05. The summed E-state index contributed by atoms with van der Waals surface area (Å²) in [4.78, 5) is 8.36. The molecule has 0 bridgehead atoms. The van der Waals surface area contributed by atoms with Crippen molar-refractivity contribution in [1.29, 1.82) is 0 Å².